The van der Waals surface area contributed by atoms with Gasteiger partial charge in [0, 0.05) is 4.88 Å². The van der Waals surface area contributed by atoms with Crippen LogP contribution in [0.3, 0.4) is 0 Å². The van der Waals surface area contributed by atoms with Crippen LogP contribution in [0.15, 0.2) is 23.0 Å². The maximum atomic E-state index is 12.0. The smallest absolute Gasteiger partial charge is 0.306 e. The van der Waals surface area contributed by atoms with E-state index in [1.807, 2.05) is 19.9 Å². The summed E-state index contributed by atoms with van der Waals surface area (Å²) in [6, 6.07) is 5.41. The number of amides is 1. The van der Waals surface area contributed by atoms with Crippen molar-refractivity contribution in [1.29, 1.82) is 0 Å². The van der Waals surface area contributed by atoms with E-state index < -0.39 is 0 Å². The van der Waals surface area contributed by atoms with Crippen molar-refractivity contribution in [3.8, 4) is 0 Å². The number of aryl methyl sites for hydroxylation is 2. The Hall–Kier alpha value is -2.41. The second kappa shape index (κ2) is 5.17. The molecule has 0 radical (unpaired) electrons. The van der Waals surface area contributed by atoms with Crippen molar-refractivity contribution in [1.82, 2.24) is 15.0 Å². The SMILES string of the molecule is Cc1nc(NC(=O)Cc2ccc3[nH]c(=O)[nH]c3c2)sc1C. The fourth-order valence-corrected chi connectivity index (χ4v) is 2.90. The molecule has 0 fully saturated rings. The minimum atomic E-state index is -0.250. The van der Waals surface area contributed by atoms with Gasteiger partial charge in [0.05, 0.1) is 23.1 Å². The molecule has 0 aliphatic carbocycles. The minimum Gasteiger partial charge on any atom is -0.306 e. The molecule has 108 valence electrons. The maximum absolute atomic E-state index is 12.0. The number of H-pyrrole nitrogens is 2. The highest BCUT2D eigenvalue weighted by Crippen LogP contribution is 2.21. The minimum absolute atomic E-state index is 0.124. The molecule has 3 N–H and O–H groups in total. The predicted molar refractivity (Wildman–Crippen MR) is 82.8 cm³/mol. The first-order valence-electron chi connectivity index (χ1n) is 6.46. The van der Waals surface area contributed by atoms with Crippen LogP contribution in [0.2, 0.25) is 0 Å². The molecule has 7 heteroatoms. The molecule has 0 saturated heterocycles. The number of nitrogens with zero attached hydrogens (tertiary/aromatic N) is 1. The Balaban J connectivity index is 1.74. The number of nitrogens with one attached hydrogen (secondary N) is 3. The summed E-state index contributed by atoms with van der Waals surface area (Å²) in [5, 5.41) is 3.41. The molecule has 6 nitrogen and oxygen atoms in total. The van der Waals surface area contributed by atoms with Gasteiger partial charge in [-0.1, -0.05) is 6.07 Å². The Labute approximate surface area is 124 Å². The number of fused-ring (bicyclic) bond motifs is 1. The number of benzene rings is 1. The van der Waals surface area contributed by atoms with E-state index in [-0.39, 0.29) is 18.0 Å². The Morgan fingerprint density at radius 1 is 1.29 bits per heavy atom. The molecule has 0 spiro atoms. The molecule has 0 aliphatic rings. The Bertz CT molecular complexity index is 855. The third-order valence-corrected chi connectivity index (χ3v) is 4.21. The fourth-order valence-electron chi connectivity index (χ4n) is 2.06. The van der Waals surface area contributed by atoms with Crippen molar-refractivity contribution in [3.05, 3.63) is 44.8 Å². The second-order valence-corrected chi connectivity index (χ2v) is 6.05. The maximum Gasteiger partial charge on any atom is 0.323 e. The van der Waals surface area contributed by atoms with Crippen molar-refractivity contribution >= 4 is 33.4 Å². The molecule has 0 unspecified atom stereocenters. The first kappa shape index (κ1) is 13.6. The lowest BCUT2D eigenvalue weighted by atomic mass is 10.1. The molecule has 1 amide bonds. The van der Waals surface area contributed by atoms with Crippen LogP contribution in [-0.2, 0) is 11.2 Å². The number of anilines is 1. The van der Waals surface area contributed by atoms with E-state index in [1.165, 1.54) is 11.3 Å². The lowest BCUT2D eigenvalue weighted by Crippen LogP contribution is -2.14. The zero-order chi connectivity index (χ0) is 15.0. The highest BCUT2D eigenvalue weighted by atomic mass is 32.1. The van der Waals surface area contributed by atoms with Crippen LogP contribution in [0.4, 0.5) is 5.13 Å². The number of carbonyl (C=O) groups excluding carboxylic acids is 1. The van der Waals surface area contributed by atoms with Crippen molar-refractivity contribution in [2.24, 2.45) is 0 Å². The number of rotatable bonds is 3. The standard InChI is InChI=1S/C14H14N4O2S/c1-7-8(2)21-14(15-7)18-12(19)6-9-3-4-10-11(5-9)17-13(20)16-10/h3-5H,6H2,1-2H3,(H,15,18,19)(H2,16,17,20). The number of aromatic amines is 2. The van der Waals surface area contributed by atoms with Crippen LogP contribution in [0.25, 0.3) is 11.0 Å². The van der Waals surface area contributed by atoms with Gasteiger partial charge in [-0.05, 0) is 31.5 Å². The molecule has 0 bridgehead atoms. The summed E-state index contributed by atoms with van der Waals surface area (Å²) >= 11 is 1.46. The molecule has 2 aromatic heterocycles. The summed E-state index contributed by atoms with van der Waals surface area (Å²) in [6.45, 7) is 3.89. The summed E-state index contributed by atoms with van der Waals surface area (Å²) in [4.78, 5) is 33.9. The largest absolute Gasteiger partial charge is 0.323 e. The summed E-state index contributed by atoms with van der Waals surface area (Å²) in [5.41, 5.74) is 2.95. The number of carbonyl (C=O) groups is 1. The fraction of sp³-hybridized carbons (Fsp3) is 0.214. The van der Waals surface area contributed by atoms with Crippen LogP contribution in [0.1, 0.15) is 16.1 Å². The third-order valence-electron chi connectivity index (χ3n) is 3.22. The summed E-state index contributed by atoms with van der Waals surface area (Å²) < 4.78 is 0. The van der Waals surface area contributed by atoms with Gasteiger partial charge in [-0.25, -0.2) is 9.78 Å². The quantitative estimate of drug-likeness (QED) is 0.692. The molecular weight excluding hydrogens is 288 g/mol. The Morgan fingerprint density at radius 2 is 2.05 bits per heavy atom. The predicted octanol–water partition coefficient (Wildman–Crippen LogP) is 2.11. The van der Waals surface area contributed by atoms with Crippen molar-refractivity contribution in [2.45, 2.75) is 20.3 Å². The molecule has 1 aromatic carbocycles. The van der Waals surface area contributed by atoms with Gasteiger partial charge in [0.2, 0.25) is 5.91 Å². The van der Waals surface area contributed by atoms with Gasteiger partial charge in [0.1, 0.15) is 0 Å². The molecule has 2 heterocycles. The van der Waals surface area contributed by atoms with Crippen molar-refractivity contribution in [2.75, 3.05) is 5.32 Å². The molecular formula is C14H14N4O2S. The molecule has 0 atom stereocenters. The van der Waals surface area contributed by atoms with E-state index >= 15 is 0 Å². The van der Waals surface area contributed by atoms with Crippen LogP contribution >= 0.6 is 11.3 Å². The van der Waals surface area contributed by atoms with Gasteiger partial charge in [-0.2, -0.15) is 0 Å². The third kappa shape index (κ3) is 2.87. The topological polar surface area (TPSA) is 90.6 Å². The van der Waals surface area contributed by atoms with E-state index in [0.29, 0.717) is 10.6 Å². The van der Waals surface area contributed by atoms with Gasteiger partial charge in [0.15, 0.2) is 5.13 Å². The van der Waals surface area contributed by atoms with Gasteiger partial charge >= 0.3 is 5.69 Å². The highest BCUT2D eigenvalue weighted by molar-refractivity contribution is 7.15. The summed E-state index contributed by atoms with van der Waals surface area (Å²) in [5.74, 6) is -0.124. The second-order valence-electron chi connectivity index (χ2n) is 4.84. The average Bonchev–Trinajstić information content (AvgIpc) is 2.91. The van der Waals surface area contributed by atoms with E-state index in [4.69, 9.17) is 0 Å². The Kier molecular flexibility index (Phi) is 3.34. The normalized spacial score (nSPS) is 11.0. The van der Waals surface area contributed by atoms with Gasteiger partial charge < -0.3 is 15.3 Å². The highest BCUT2D eigenvalue weighted by Gasteiger charge is 2.09. The van der Waals surface area contributed by atoms with E-state index in [1.54, 1.807) is 12.1 Å². The Morgan fingerprint density at radius 3 is 2.76 bits per heavy atom. The van der Waals surface area contributed by atoms with Gasteiger partial charge in [-0.15, -0.1) is 11.3 Å². The molecule has 3 rings (SSSR count). The monoisotopic (exact) mass is 302 g/mol. The van der Waals surface area contributed by atoms with Crippen LogP contribution in [0.5, 0.6) is 0 Å². The number of thiazole rings is 1. The van der Waals surface area contributed by atoms with Crippen LogP contribution in [0, 0.1) is 13.8 Å². The number of aromatic nitrogens is 3. The zero-order valence-electron chi connectivity index (χ0n) is 11.6. The van der Waals surface area contributed by atoms with E-state index in [9.17, 15) is 9.59 Å². The summed E-state index contributed by atoms with van der Waals surface area (Å²) in [7, 11) is 0. The van der Waals surface area contributed by atoms with Gasteiger partial charge in [0.25, 0.3) is 0 Å². The molecule has 21 heavy (non-hydrogen) atoms. The van der Waals surface area contributed by atoms with Crippen LogP contribution in [-0.4, -0.2) is 20.9 Å². The number of hydrogen-bond acceptors (Lipinski definition) is 4. The van der Waals surface area contributed by atoms with Gasteiger partial charge in [-0.3, -0.25) is 4.79 Å². The number of hydrogen-bond donors (Lipinski definition) is 3. The first-order valence-corrected chi connectivity index (χ1v) is 7.28. The summed E-state index contributed by atoms with van der Waals surface area (Å²) in [6.07, 6.45) is 0.237. The number of imidazole rings is 1. The first-order chi connectivity index (χ1) is 10.0. The molecule has 3 aromatic rings. The molecule has 0 aliphatic heterocycles. The lowest BCUT2D eigenvalue weighted by molar-refractivity contribution is -0.115. The van der Waals surface area contributed by atoms with Crippen molar-refractivity contribution in [3.63, 3.8) is 0 Å². The van der Waals surface area contributed by atoms with Crippen LogP contribution < -0.4 is 11.0 Å². The van der Waals surface area contributed by atoms with Crippen molar-refractivity contribution < 1.29 is 4.79 Å². The van der Waals surface area contributed by atoms with E-state index in [2.05, 4.69) is 20.3 Å². The average molecular weight is 302 g/mol. The molecule has 0 saturated carbocycles. The van der Waals surface area contributed by atoms with E-state index in [0.717, 1.165) is 21.7 Å². The zero-order valence-corrected chi connectivity index (χ0v) is 12.4. The lowest BCUT2D eigenvalue weighted by Gasteiger charge is -2.02.